The second-order valence-corrected chi connectivity index (χ2v) is 4.41. The third-order valence-electron chi connectivity index (χ3n) is 1.48. The molecule has 0 unspecified atom stereocenters. The number of rotatable bonds is 4. The van der Waals surface area contributed by atoms with Crippen molar-refractivity contribution in [3.05, 3.63) is 9.78 Å². The lowest BCUT2D eigenvalue weighted by molar-refractivity contribution is 0.533. The van der Waals surface area contributed by atoms with Crippen LogP contribution in [0.2, 0.25) is 0 Å². The number of hydrogen-bond donors (Lipinski definition) is 1. The van der Waals surface area contributed by atoms with Gasteiger partial charge in [0.15, 0.2) is 0 Å². The molecule has 0 radical (unpaired) electrons. The molecule has 0 atom stereocenters. The van der Waals surface area contributed by atoms with Gasteiger partial charge in [-0.15, -0.1) is 0 Å². The number of allylic oxidation sites excluding steroid dienone is 1. The Labute approximate surface area is 88.7 Å². The Morgan fingerprint density at radius 1 is 1.50 bits per heavy atom. The topological polar surface area (TPSA) is 27.1 Å². The molecule has 0 amide bonds. The molecule has 0 aromatic heterocycles. The van der Waals surface area contributed by atoms with E-state index in [9.17, 15) is 0 Å². The second kappa shape index (κ2) is 6.46. The highest BCUT2D eigenvalue weighted by Gasteiger charge is 2.02. The summed E-state index contributed by atoms with van der Waals surface area (Å²) in [5.41, 5.74) is 0. The fourth-order valence-electron chi connectivity index (χ4n) is 0.936. The summed E-state index contributed by atoms with van der Waals surface area (Å²) in [6, 6.07) is 0. The lowest BCUT2D eigenvalue weighted by atomic mass is 10.3. The molecule has 0 aliphatic rings. The summed E-state index contributed by atoms with van der Waals surface area (Å²) in [4.78, 5) is 2.02. The summed E-state index contributed by atoms with van der Waals surface area (Å²) in [5.74, 6) is 0.702. The largest absolute Gasteiger partial charge is 0.336 e. The van der Waals surface area contributed by atoms with E-state index in [2.05, 4.69) is 29.5 Å². The van der Waals surface area contributed by atoms with Gasteiger partial charge in [-0.3, -0.25) is 5.41 Å². The van der Waals surface area contributed by atoms with Crippen LogP contribution in [0.1, 0.15) is 33.6 Å². The molecule has 1 N–H and O–H groups in total. The predicted molar refractivity (Wildman–Crippen MR) is 62.8 cm³/mol. The zero-order valence-electron chi connectivity index (χ0n) is 8.02. The summed E-state index contributed by atoms with van der Waals surface area (Å²) in [6.45, 7) is 7.15. The van der Waals surface area contributed by atoms with Crippen LogP contribution in [0.15, 0.2) is 9.78 Å². The molecule has 3 heteroatoms. The smallest absolute Gasteiger partial charge is 0.0995 e. The van der Waals surface area contributed by atoms with Gasteiger partial charge in [0.1, 0.15) is 0 Å². The Kier molecular flexibility index (Phi) is 6.42. The van der Waals surface area contributed by atoms with Gasteiger partial charge < -0.3 is 4.90 Å². The molecule has 0 heterocycles. The monoisotopic (exact) mass is 280 g/mol. The van der Waals surface area contributed by atoms with E-state index in [1.807, 2.05) is 24.9 Å². The van der Waals surface area contributed by atoms with E-state index in [0.717, 1.165) is 19.4 Å². The van der Waals surface area contributed by atoms with E-state index in [1.54, 1.807) is 0 Å². The highest BCUT2D eigenvalue weighted by molar-refractivity contribution is 14.1. The molecule has 12 heavy (non-hydrogen) atoms. The first-order chi connectivity index (χ1) is 5.61. The quantitative estimate of drug-likeness (QED) is 0.477. The predicted octanol–water partition coefficient (Wildman–Crippen LogP) is 3.38. The molecule has 0 fully saturated rings. The van der Waals surface area contributed by atoms with E-state index in [4.69, 9.17) is 5.41 Å². The number of amidine groups is 1. The minimum atomic E-state index is 0.702. The average molecular weight is 280 g/mol. The summed E-state index contributed by atoms with van der Waals surface area (Å²) in [6.07, 6.45) is 3.93. The Balaban J connectivity index is 4.22. The maximum atomic E-state index is 7.67. The lowest BCUT2D eigenvalue weighted by Gasteiger charge is -2.19. The van der Waals surface area contributed by atoms with Gasteiger partial charge in [-0.1, -0.05) is 13.8 Å². The minimum Gasteiger partial charge on any atom is -0.336 e. The maximum absolute atomic E-state index is 7.67. The van der Waals surface area contributed by atoms with Crippen molar-refractivity contribution >= 4 is 28.4 Å². The fourth-order valence-corrected chi connectivity index (χ4v) is 1.27. The molecule has 0 aromatic rings. The molecular weight excluding hydrogens is 263 g/mol. The maximum Gasteiger partial charge on any atom is 0.0995 e. The average Bonchev–Trinajstić information content (AvgIpc) is 2.01. The molecule has 0 saturated heterocycles. The van der Waals surface area contributed by atoms with E-state index in [-0.39, 0.29) is 0 Å². The normalized spacial score (nSPS) is 11.5. The van der Waals surface area contributed by atoms with E-state index in [0.29, 0.717) is 5.84 Å². The van der Waals surface area contributed by atoms with Crippen molar-refractivity contribution in [1.29, 1.82) is 5.41 Å². The molecule has 2 nitrogen and oxygen atoms in total. The van der Waals surface area contributed by atoms with Gasteiger partial charge in [0, 0.05) is 22.7 Å². The Morgan fingerprint density at radius 3 is 2.42 bits per heavy atom. The number of hydrogen-bond acceptors (Lipinski definition) is 1. The zero-order valence-corrected chi connectivity index (χ0v) is 10.2. The Morgan fingerprint density at radius 2 is 2.08 bits per heavy atom. The molecule has 0 aliphatic carbocycles. The van der Waals surface area contributed by atoms with Crippen LogP contribution in [-0.4, -0.2) is 17.3 Å². The van der Waals surface area contributed by atoms with Gasteiger partial charge in [-0.2, -0.15) is 0 Å². The van der Waals surface area contributed by atoms with Crippen molar-refractivity contribution in [2.75, 3.05) is 6.54 Å². The summed E-state index contributed by atoms with van der Waals surface area (Å²) in [5, 5.41) is 7.67. The van der Waals surface area contributed by atoms with Crippen LogP contribution in [-0.2, 0) is 0 Å². The third-order valence-corrected chi connectivity index (χ3v) is 1.76. The SMILES string of the molecule is CCCN(/C=C(\C)I)C(=N)CC. The van der Waals surface area contributed by atoms with Crippen LogP contribution in [0.5, 0.6) is 0 Å². The molecule has 0 rings (SSSR count). The van der Waals surface area contributed by atoms with Gasteiger partial charge in [0.2, 0.25) is 0 Å². The van der Waals surface area contributed by atoms with Gasteiger partial charge in [-0.05, 0) is 35.9 Å². The highest BCUT2D eigenvalue weighted by atomic mass is 127. The zero-order chi connectivity index (χ0) is 9.56. The molecular formula is C9H17IN2. The molecule has 0 aromatic carbocycles. The molecule has 0 bridgehead atoms. The molecule has 0 aliphatic heterocycles. The van der Waals surface area contributed by atoms with Crippen LogP contribution >= 0.6 is 22.6 Å². The Bertz CT molecular complexity index is 171. The van der Waals surface area contributed by atoms with E-state index < -0.39 is 0 Å². The van der Waals surface area contributed by atoms with Crippen LogP contribution < -0.4 is 0 Å². The molecule has 70 valence electrons. The van der Waals surface area contributed by atoms with Crippen molar-refractivity contribution in [1.82, 2.24) is 4.90 Å². The standard InChI is InChI=1S/C9H17IN2/c1-4-6-12(7-8(3)10)9(11)5-2/h7,11H,4-6H2,1-3H3/b8-7+,11-9?. The number of nitrogens with one attached hydrogen (secondary N) is 1. The highest BCUT2D eigenvalue weighted by Crippen LogP contribution is 2.07. The van der Waals surface area contributed by atoms with Crippen LogP contribution in [0.4, 0.5) is 0 Å². The van der Waals surface area contributed by atoms with Crippen molar-refractivity contribution < 1.29 is 0 Å². The minimum absolute atomic E-state index is 0.702. The first-order valence-electron chi connectivity index (χ1n) is 4.29. The van der Waals surface area contributed by atoms with E-state index >= 15 is 0 Å². The summed E-state index contributed by atoms with van der Waals surface area (Å²) < 4.78 is 1.22. The second-order valence-electron chi connectivity index (χ2n) is 2.71. The summed E-state index contributed by atoms with van der Waals surface area (Å²) >= 11 is 2.27. The third kappa shape index (κ3) is 4.74. The van der Waals surface area contributed by atoms with Crippen LogP contribution in [0.3, 0.4) is 0 Å². The van der Waals surface area contributed by atoms with E-state index in [1.165, 1.54) is 3.58 Å². The fraction of sp³-hybridized carbons (Fsp3) is 0.667. The van der Waals surface area contributed by atoms with Crippen LogP contribution in [0, 0.1) is 5.41 Å². The van der Waals surface area contributed by atoms with Gasteiger partial charge in [0.25, 0.3) is 0 Å². The van der Waals surface area contributed by atoms with Gasteiger partial charge in [0.05, 0.1) is 5.84 Å². The van der Waals surface area contributed by atoms with Crippen LogP contribution in [0.25, 0.3) is 0 Å². The first-order valence-corrected chi connectivity index (χ1v) is 5.37. The Hall–Kier alpha value is -0.0600. The molecule has 0 saturated carbocycles. The van der Waals surface area contributed by atoms with Gasteiger partial charge >= 0.3 is 0 Å². The number of halogens is 1. The first kappa shape index (κ1) is 11.9. The van der Waals surface area contributed by atoms with Gasteiger partial charge in [-0.25, -0.2) is 0 Å². The van der Waals surface area contributed by atoms with Crippen molar-refractivity contribution in [3.8, 4) is 0 Å². The summed E-state index contributed by atoms with van der Waals surface area (Å²) in [7, 11) is 0. The van der Waals surface area contributed by atoms with Crippen molar-refractivity contribution in [2.24, 2.45) is 0 Å². The molecule has 0 spiro atoms. The van der Waals surface area contributed by atoms with Crippen molar-refractivity contribution in [3.63, 3.8) is 0 Å². The van der Waals surface area contributed by atoms with Crippen molar-refractivity contribution in [2.45, 2.75) is 33.6 Å². The lowest BCUT2D eigenvalue weighted by Crippen LogP contribution is -2.25. The number of nitrogens with zero attached hydrogens (tertiary/aromatic N) is 1.